The van der Waals surface area contributed by atoms with E-state index in [-0.39, 0.29) is 23.1 Å². The first-order valence-corrected chi connectivity index (χ1v) is 13.9. The SMILES string of the molecule is Cc1cccc(-c2cc(-c3cn(Cc4cccc(N5CC(CS(C)(=O)=O)C5)n4)nn3)c(F)c(N)n2)c1C. The summed E-state index contributed by atoms with van der Waals surface area (Å²) >= 11 is 0. The third-order valence-electron chi connectivity index (χ3n) is 6.61. The van der Waals surface area contributed by atoms with Crippen molar-refractivity contribution in [2.24, 2.45) is 5.92 Å². The zero-order valence-corrected chi connectivity index (χ0v) is 21.7. The van der Waals surface area contributed by atoms with Crippen LogP contribution in [-0.2, 0) is 16.4 Å². The number of sulfone groups is 1. The molecule has 0 aliphatic carbocycles. The van der Waals surface area contributed by atoms with E-state index in [0.717, 1.165) is 28.2 Å². The van der Waals surface area contributed by atoms with Crippen LogP contribution in [0.4, 0.5) is 16.0 Å². The van der Waals surface area contributed by atoms with Crippen LogP contribution < -0.4 is 10.6 Å². The smallest absolute Gasteiger partial charge is 0.174 e. The van der Waals surface area contributed by atoms with Crippen molar-refractivity contribution in [2.45, 2.75) is 20.4 Å². The van der Waals surface area contributed by atoms with Crippen LogP contribution in [0.25, 0.3) is 22.5 Å². The van der Waals surface area contributed by atoms with Gasteiger partial charge >= 0.3 is 0 Å². The zero-order chi connectivity index (χ0) is 26.3. The molecule has 0 saturated carbocycles. The number of nitrogen functional groups attached to an aromatic ring is 1. The number of nitrogens with zero attached hydrogens (tertiary/aromatic N) is 6. The molecular formula is C26H28FN7O2S. The number of nitrogens with two attached hydrogens (primary N) is 1. The molecule has 0 bridgehead atoms. The second kappa shape index (κ2) is 9.55. The van der Waals surface area contributed by atoms with Crippen molar-refractivity contribution in [2.75, 3.05) is 35.7 Å². The van der Waals surface area contributed by atoms with Crippen LogP contribution in [-0.4, -0.2) is 58.5 Å². The monoisotopic (exact) mass is 521 g/mol. The summed E-state index contributed by atoms with van der Waals surface area (Å²) in [4.78, 5) is 11.0. The Hall–Kier alpha value is -3.86. The van der Waals surface area contributed by atoms with E-state index in [9.17, 15) is 8.42 Å². The number of pyridine rings is 2. The fourth-order valence-electron chi connectivity index (χ4n) is 4.59. The van der Waals surface area contributed by atoms with Gasteiger partial charge in [0.05, 0.1) is 29.9 Å². The molecule has 4 heterocycles. The lowest BCUT2D eigenvalue weighted by Crippen LogP contribution is -2.50. The first kappa shape index (κ1) is 24.8. The standard InChI is InChI=1S/C26H28FN7O2S/c1-16-6-4-8-20(17(16)2)22-10-21(25(27)26(28)30-22)23-14-34(32-31-23)13-19-7-5-9-24(29-19)33-11-18(12-33)15-37(3,35)36/h4-10,14,18H,11-13,15H2,1-3H3,(H2,28,30). The van der Waals surface area contributed by atoms with Crippen LogP contribution in [0.3, 0.4) is 0 Å². The van der Waals surface area contributed by atoms with E-state index in [4.69, 9.17) is 10.7 Å². The number of hydrogen-bond donors (Lipinski definition) is 1. The van der Waals surface area contributed by atoms with E-state index >= 15 is 4.39 Å². The Morgan fingerprint density at radius 3 is 2.57 bits per heavy atom. The van der Waals surface area contributed by atoms with Gasteiger partial charge in [-0.1, -0.05) is 29.5 Å². The van der Waals surface area contributed by atoms with Gasteiger partial charge in [0, 0.05) is 36.4 Å². The highest BCUT2D eigenvalue weighted by atomic mass is 32.2. The van der Waals surface area contributed by atoms with Crippen LogP contribution in [0.1, 0.15) is 16.8 Å². The Labute approximate surface area is 215 Å². The van der Waals surface area contributed by atoms with E-state index in [2.05, 4.69) is 20.2 Å². The van der Waals surface area contributed by atoms with Crippen molar-refractivity contribution in [1.29, 1.82) is 0 Å². The maximum absolute atomic E-state index is 15.0. The van der Waals surface area contributed by atoms with Gasteiger partial charge in [-0.15, -0.1) is 5.10 Å². The highest BCUT2D eigenvalue weighted by Gasteiger charge is 2.30. The topological polar surface area (TPSA) is 120 Å². The average molecular weight is 522 g/mol. The predicted octanol–water partition coefficient (Wildman–Crippen LogP) is 3.27. The Morgan fingerprint density at radius 2 is 1.81 bits per heavy atom. The molecule has 3 aromatic heterocycles. The van der Waals surface area contributed by atoms with E-state index < -0.39 is 15.7 Å². The first-order valence-electron chi connectivity index (χ1n) is 11.9. The molecule has 4 aromatic rings. The van der Waals surface area contributed by atoms with Gasteiger partial charge in [-0.2, -0.15) is 0 Å². The summed E-state index contributed by atoms with van der Waals surface area (Å²) in [6.07, 6.45) is 2.92. The molecule has 0 amide bonds. The maximum atomic E-state index is 15.0. The molecule has 2 N–H and O–H groups in total. The molecule has 1 aliphatic rings. The molecule has 0 atom stereocenters. The second-order valence-corrected chi connectivity index (χ2v) is 11.8. The fourth-order valence-corrected chi connectivity index (χ4v) is 5.66. The number of benzene rings is 1. The molecule has 5 rings (SSSR count). The molecule has 1 fully saturated rings. The molecule has 192 valence electrons. The minimum atomic E-state index is -2.99. The van der Waals surface area contributed by atoms with Crippen LogP contribution in [0.15, 0.2) is 48.7 Å². The number of aromatic nitrogens is 5. The average Bonchev–Trinajstić information content (AvgIpc) is 3.27. The van der Waals surface area contributed by atoms with E-state index in [1.807, 2.05) is 50.2 Å². The zero-order valence-electron chi connectivity index (χ0n) is 20.9. The number of hydrogen-bond acceptors (Lipinski definition) is 8. The lowest BCUT2D eigenvalue weighted by atomic mass is 9.99. The van der Waals surface area contributed by atoms with Crippen molar-refractivity contribution in [1.82, 2.24) is 25.0 Å². The molecule has 1 saturated heterocycles. The quantitative estimate of drug-likeness (QED) is 0.394. The summed E-state index contributed by atoms with van der Waals surface area (Å²) < 4.78 is 39.6. The van der Waals surface area contributed by atoms with Gasteiger partial charge < -0.3 is 10.6 Å². The minimum Gasteiger partial charge on any atom is -0.381 e. The number of halogens is 1. The predicted molar refractivity (Wildman–Crippen MR) is 141 cm³/mol. The first-order chi connectivity index (χ1) is 17.6. The maximum Gasteiger partial charge on any atom is 0.174 e. The van der Waals surface area contributed by atoms with Gasteiger partial charge in [-0.05, 0) is 43.2 Å². The second-order valence-electron chi connectivity index (χ2n) is 9.65. The largest absolute Gasteiger partial charge is 0.381 e. The van der Waals surface area contributed by atoms with Crippen molar-refractivity contribution in [3.05, 3.63) is 71.3 Å². The lowest BCUT2D eigenvalue weighted by molar-refractivity contribution is 0.440. The summed E-state index contributed by atoms with van der Waals surface area (Å²) in [6.45, 7) is 5.66. The fraction of sp³-hybridized carbons (Fsp3) is 0.308. The van der Waals surface area contributed by atoms with Gasteiger partial charge in [0.2, 0.25) is 0 Å². The molecule has 0 radical (unpaired) electrons. The van der Waals surface area contributed by atoms with Crippen LogP contribution >= 0.6 is 0 Å². The van der Waals surface area contributed by atoms with Gasteiger partial charge in [0.25, 0.3) is 0 Å². The minimum absolute atomic E-state index is 0.120. The van der Waals surface area contributed by atoms with Crippen LogP contribution in [0.5, 0.6) is 0 Å². The lowest BCUT2D eigenvalue weighted by Gasteiger charge is -2.39. The Morgan fingerprint density at radius 1 is 1.05 bits per heavy atom. The van der Waals surface area contributed by atoms with E-state index in [0.29, 0.717) is 31.0 Å². The molecule has 1 aliphatic heterocycles. The Balaban J connectivity index is 1.35. The van der Waals surface area contributed by atoms with E-state index in [1.54, 1.807) is 16.9 Å². The molecule has 37 heavy (non-hydrogen) atoms. The van der Waals surface area contributed by atoms with E-state index in [1.165, 1.54) is 6.26 Å². The van der Waals surface area contributed by atoms with Crippen molar-refractivity contribution in [3.63, 3.8) is 0 Å². The third-order valence-corrected chi connectivity index (χ3v) is 7.69. The summed E-state index contributed by atoms with van der Waals surface area (Å²) in [5.41, 5.74) is 10.9. The molecule has 0 spiro atoms. The number of rotatable bonds is 7. The van der Waals surface area contributed by atoms with Gasteiger partial charge in [-0.25, -0.2) is 27.5 Å². The summed E-state index contributed by atoms with van der Waals surface area (Å²) in [6, 6.07) is 13.2. The molecule has 9 nitrogen and oxygen atoms in total. The summed E-state index contributed by atoms with van der Waals surface area (Å²) in [5.74, 6) is 0.263. The Kier molecular flexibility index (Phi) is 6.40. The van der Waals surface area contributed by atoms with Gasteiger partial charge in [-0.3, -0.25) is 0 Å². The molecular weight excluding hydrogens is 493 g/mol. The van der Waals surface area contributed by atoms with Crippen LogP contribution in [0, 0.1) is 25.6 Å². The van der Waals surface area contributed by atoms with Crippen molar-refractivity contribution < 1.29 is 12.8 Å². The third kappa shape index (κ3) is 5.31. The van der Waals surface area contributed by atoms with Crippen molar-refractivity contribution >= 4 is 21.5 Å². The number of aryl methyl sites for hydroxylation is 1. The molecule has 11 heteroatoms. The summed E-state index contributed by atoms with van der Waals surface area (Å²) in [5, 5.41) is 8.35. The normalized spacial score (nSPS) is 14.1. The highest BCUT2D eigenvalue weighted by Crippen LogP contribution is 2.31. The van der Waals surface area contributed by atoms with Crippen LogP contribution in [0.2, 0.25) is 0 Å². The van der Waals surface area contributed by atoms with Crippen molar-refractivity contribution in [3.8, 4) is 22.5 Å². The molecule has 0 unspecified atom stereocenters. The Bertz CT molecular complexity index is 1580. The van der Waals surface area contributed by atoms with Gasteiger partial charge in [0.15, 0.2) is 11.6 Å². The van der Waals surface area contributed by atoms with Gasteiger partial charge in [0.1, 0.15) is 21.3 Å². The number of anilines is 2. The highest BCUT2D eigenvalue weighted by molar-refractivity contribution is 7.90. The summed E-state index contributed by atoms with van der Waals surface area (Å²) in [7, 11) is -2.99. The molecule has 1 aromatic carbocycles.